The van der Waals surface area contributed by atoms with Gasteiger partial charge in [0.25, 0.3) is 0 Å². The zero-order chi connectivity index (χ0) is 14.8. The van der Waals surface area contributed by atoms with Crippen LogP contribution in [0, 0.1) is 11.6 Å². The number of pyridine rings is 1. The first-order valence-electron chi connectivity index (χ1n) is 7.14. The fourth-order valence-corrected chi connectivity index (χ4v) is 2.74. The molecule has 3 aromatic rings. The second kappa shape index (κ2) is 5.74. The van der Waals surface area contributed by atoms with Gasteiger partial charge in [0.2, 0.25) is 0 Å². The number of aromatic amines is 1. The predicted octanol–water partition coefficient (Wildman–Crippen LogP) is 4.62. The summed E-state index contributed by atoms with van der Waals surface area (Å²) in [6.07, 6.45) is 3.76. The molecule has 0 aliphatic rings. The smallest absolute Gasteiger partial charge is 0.133 e. The Morgan fingerprint density at radius 1 is 1.19 bits per heavy atom. The second-order valence-electron chi connectivity index (χ2n) is 5.11. The second-order valence-corrected chi connectivity index (χ2v) is 5.50. The molecule has 3 rings (SSSR count). The van der Waals surface area contributed by atoms with Gasteiger partial charge in [-0.3, -0.25) is 4.98 Å². The molecule has 3 nitrogen and oxygen atoms in total. The molecular weight excluding hydrogens is 278 g/mol. The highest BCUT2D eigenvalue weighted by molar-refractivity contribution is 7.71. The Morgan fingerprint density at radius 2 is 2.05 bits per heavy atom. The van der Waals surface area contributed by atoms with E-state index in [1.54, 1.807) is 0 Å². The van der Waals surface area contributed by atoms with Gasteiger partial charge in [0.1, 0.15) is 10.5 Å². The largest absolute Gasteiger partial charge is 0.343 e. The highest BCUT2D eigenvalue weighted by atomic mass is 32.1. The summed E-state index contributed by atoms with van der Waals surface area (Å²) in [4.78, 5) is 12.4. The molecule has 2 heterocycles. The molecule has 0 radical (unpaired) electrons. The van der Waals surface area contributed by atoms with Gasteiger partial charge in [-0.25, -0.2) is 4.98 Å². The number of hydrogen-bond acceptors (Lipinski definition) is 3. The molecule has 0 aliphatic carbocycles. The Hall–Kier alpha value is -2.07. The first-order valence-corrected chi connectivity index (χ1v) is 7.55. The summed E-state index contributed by atoms with van der Waals surface area (Å²) in [5.41, 5.74) is 4.18. The number of benzene rings is 1. The number of rotatable bonds is 3. The average Bonchev–Trinajstić information content (AvgIpc) is 2.50. The normalized spacial score (nSPS) is 11.0. The SMILES string of the molecule is CCCc1nc(=S)c(C)c(-c2cccc3ncccc23)[nH]1. The van der Waals surface area contributed by atoms with Crippen LogP contribution in [0.15, 0.2) is 36.5 Å². The molecule has 0 saturated heterocycles. The number of H-pyrrole nitrogens is 1. The Labute approximate surface area is 129 Å². The summed E-state index contributed by atoms with van der Waals surface area (Å²) in [7, 11) is 0. The van der Waals surface area contributed by atoms with Crippen LogP contribution in [0.5, 0.6) is 0 Å². The van der Waals surface area contributed by atoms with E-state index in [2.05, 4.69) is 34.0 Å². The number of aryl methyl sites for hydroxylation is 1. The van der Waals surface area contributed by atoms with Crippen molar-refractivity contribution in [3.63, 3.8) is 0 Å². The van der Waals surface area contributed by atoms with Crippen molar-refractivity contribution in [3.8, 4) is 11.3 Å². The maximum absolute atomic E-state index is 5.42. The quantitative estimate of drug-likeness (QED) is 0.717. The molecule has 0 unspecified atom stereocenters. The average molecular weight is 295 g/mol. The van der Waals surface area contributed by atoms with Gasteiger partial charge in [-0.05, 0) is 25.5 Å². The maximum atomic E-state index is 5.42. The molecule has 2 aromatic heterocycles. The molecule has 0 amide bonds. The van der Waals surface area contributed by atoms with Crippen LogP contribution in [0.2, 0.25) is 0 Å². The molecule has 1 N–H and O–H groups in total. The van der Waals surface area contributed by atoms with Crippen molar-refractivity contribution in [1.29, 1.82) is 0 Å². The zero-order valence-electron chi connectivity index (χ0n) is 12.2. The monoisotopic (exact) mass is 295 g/mol. The van der Waals surface area contributed by atoms with Crippen molar-refractivity contribution in [1.82, 2.24) is 15.0 Å². The van der Waals surface area contributed by atoms with Crippen molar-refractivity contribution < 1.29 is 0 Å². The number of hydrogen-bond donors (Lipinski definition) is 1. The molecule has 106 valence electrons. The summed E-state index contributed by atoms with van der Waals surface area (Å²) in [6, 6.07) is 10.2. The van der Waals surface area contributed by atoms with Crippen LogP contribution in [-0.2, 0) is 6.42 Å². The fraction of sp³-hybridized carbons (Fsp3) is 0.235. The lowest BCUT2D eigenvalue weighted by Crippen LogP contribution is -2.01. The predicted molar refractivity (Wildman–Crippen MR) is 88.9 cm³/mol. The highest BCUT2D eigenvalue weighted by Gasteiger charge is 2.10. The topological polar surface area (TPSA) is 41.6 Å². The molecular formula is C17H17N3S. The van der Waals surface area contributed by atoms with Crippen LogP contribution < -0.4 is 0 Å². The first-order chi connectivity index (χ1) is 10.2. The van der Waals surface area contributed by atoms with Gasteiger partial charge in [0.15, 0.2) is 0 Å². The number of aromatic nitrogens is 3. The third kappa shape index (κ3) is 2.59. The van der Waals surface area contributed by atoms with Crippen molar-refractivity contribution in [2.45, 2.75) is 26.7 Å². The Balaban J connectivity index is 2.30. The Bertz CT molecular complexity index is 847. The highest BCUT2D eigenvalue weighted by Crippen LogP contribution is 2.28. The van der Waals surface area contributed by atoms with E-state index >= 15 is 0 Å². The van der Waals surface area contributed by atoms with Gasteiger partial charge >= 0.3 is 0 Å². The van der Waals surface area contributed by atoms with Crippen LogP contribution in [0.25, 0.3) is 22.2 Å². The molecule has 0 aliphatic heterocycles. The minimum atomic E-state index is 0.674. The van der Waals surface area contributed by atoms with Crippen LogP contribution >= 0.6 is 12.2 Å². The lowest BCUT2D eigenvalue weighted by Gasteiger charge is -2.11. The summed E-state index contributed by atoms with van der Waals surface area (Å²) < 4.78 is 0.674. The van der Waals surface area contributed by atoms with E-state index < -0.39 is 0 Å². The summed E-state index contributed by atoms with van der Waals surface area (Å²) >= 11 is 5.42. The Kier molecular flexibility index (Phi) is 3.80. The van der Waals surface area contributed by atoms with Crippen molar-refractivity contribution in [3.05, 3.63) is 52.6 Å². The van der Waals surface area contributed by atoms with E-state index in [1.165, 1.54) is 0 Å². The van der Waals surface area contributed by atoms with E-state index in [4.69, 9.17) is 12.2 Å². The van der Waals surface area contributed by atoms with Gasteiger partial charge in [-0.1, -0.05) is 37.3 Å². The summed E-state index contributed by atoms with van der Waals surface area (Å²) in [5, 5.41) is 1.13. The third-order valence-corrected chi connectivity index (χ3v) is 4.00. The molecule has 0 atom stereocenters. The molecule has 21 heavy (non-hydrogen) atoms. The number of nitrogens with zero attached hydrogens (tertiary/aromatic N) is 2. The van der Waals surface area contributed by atoms with E-state index in [1.807, 2.05) is 31.3 Å². The maximum Gasteiger partial charge on any atom is 0.133 e. The lowest BCUT2D eigenvalue weighted by atomic mass is 10.0. The van der Waals surface area contributed by atoms with E-state index in [0.717, 1.165) is 46.4 Å². The fourth-order valence-electron chi connectivity index (χ4n) is 2.53. The summed E-state index contributed by atoms with van der Waals surface area (Å²) in [6.45, 7) is 4.16. The van der Waals surface area contributed by atoms with Crippen molar-refractivity contribution in [2.24, 2.45) is 0 Å². The van der Waals surface area contributed by atoms with Gasteiger partial charge in [-0.2, -0.15) is 0 Å². The van der Waals surface area contributed by atoms with E-state index in [0.29, 0.717) is 4.64 Å². The van der Waals surface area contributed by atoms with E-state index in [9.17, 15) is 0 Å². The molecule has 0 saturated carbocycles. The van der Waals surface area contributed by atoms with Crippen LogP contribution in [-0.4, -0.2) is 15.0 Å². The lowest BCUT2D eigenvalue weighted by molar-refractivity contribution is 0.829. The molecule has 1 aromatic carbocycles. The summed E-state index contributed by atoms with van der Waals surface area (Å²) in [5.74, 6) is 0.948. The zero-order valence-corrected chi connectivity index (χ0v) is 13.0. The van der Waals surface area contributed by atoms with Crippen LogP contribution in [0.4, 0.5) is 0 Å². The number of fused-ring (bicyclic) bond motifs is 1. The molecule has 4 heteroatoms. The van der Waals surface area contributed by atoms with Gasteiger partial charge in [0, 0.05) is 29.1 Å². The van der Waals surface area contributed by atoms with Crippen molar-refractivity contribution in [2.75, 3.05) is 0 Å². The van der Waals surface area contributed by atoms with Gasteiger partial charge in [-0.15, -0.1) is 0 Å². The van der Waals surface area contributed by atoms with Crippen LogP contribution in [0.3, 0.4) is 0 Å². The molecule has 0 spiro atoms. The standard InChI is InChI=1S/C17H17N3S/c1-3-6-15-19-16(11(2)17(21)20-15)13-7-4-9-14-12(13)8-5-10-18-14/h4-5,7-10H,3,6H2,1-2H3,(H,19,20,21). The van der Waals surface area contributed by atoms with Gasteiger partial charge in [0.05, 0.1) is 11.2 Å². The minimum absolute atomic E-state index is 0.674. The molecule has 0 fully saturated rings. The third-order valence-electron chi connectivity index (χ3n) is 3.60. The van der Waals surface area contributed by atoms with Crippen molar-refractivity contribution >= 4 is 23.1 Å². The van der Waals surface area contributed by atoms with E-state index in [-0.39, 0.29) is 0 Å². The minimum Gasteiger partial charge on any atom is -0.343 e. The van der Waals surface area contributed by atoms with Gasteiger partial charge < -0.3 is 4.98 Å². The first kappa shape index (κ1) is 13.9. The number of nitrogens with one attached hydrogen (secondary N) is 1. The molecule has 0 bridgehead atoms. The van der Waals surface area contributed by atoms with Crippen LogP contribution in [0.1, 0.15) is 24.7 Å². The Morgan fingerprint density at radius 3 is 2.86 bits per heavy atom.